The molecule has 0 N–H and O–H groups in total. The Kier molecular flexibility index (Phi) is 5.57. The average molecular weight is 325 g/mol. The van der Waals surface area contributed by atoms with Gasteiger partial charge in [-0.05, 0) is 24.3 Å². The Bertz CT molecular complexity index is 547. The second kappa shape index (κ2) is 6.95. The predicted molar refractivity (Wildman–Crippen MR) is 79.4 cm³/mol. The van der Waals surface area contributed by atoms with Crippen molar-refractivity contribution < 1.29 is 13.9 Å². The molecule has 0 unspecified atom stereocenters. The van der Waals surface area contributed by atoms with Gasteiger partial charge in [0.2, 0.25) is 0 Å². The Morgan fingerprint density at radius 2 is 1.95 bits per heavy atom. The molecule has 0 aromatic heterocycles. The lowest BCUT2D eigenvalue weighted by Crippen LogP contribution is -1.97. The third-order valence-corrected chi connectivity index (χ3v) is 2.45. The standard InChI is InChI=1S/C15H14BrFO2/c1-10(16)5-6-11(2)19-15-9-13(17)7-8-14(15)12(3)18-4/h5-9H,1-3H2,4H3/b6-5-. The van der Waals surface area contributed by atoms with Crippen LogP contribution in [0.25, 0.3) is 5.76 Å². The number of allylic oxidation sites excluding steroid dienone is 3. The molecule has 1 aromatic rings. The summed E-state index contributed by atoms with van der Waals surface area (Å²) < 4.78 is 24.4. The highest BCUT2D eigenvalue weighted by atomic mass is 79.9. The Balaban J connectivity index is 2.99. The zero-order chi connectivity index (χ0) is 14.4. The van der Waals surface area contributed by atoms with Crippen LogP contribution in [-0.4, -0.2) is 7.11 Å². The van der Waals surface area contributed by atoms with E-state index in [1.807, 2.05) is 0 Å². The fourth-order valence-electron chi connectivity index (χ4n) is 1.28. The Morgan fingerprint density at radius 3 is 2.53 bits per heavy atom. The van der Waals surface area contributed by atoms with Crippen molar-refractivity contribution in [3.63, 3.8) is 0 Å². The summed E-state index contributed by atoms with van der Waals surface area (Å²) in [5.74, 6) is 0.610. The van der Waals surface area contributed by atoms with E-state index in [9.17, 15) is 4.39 Å². The van der Waals surface area contributed by atoms with Gasteiger partial charge in [0.05, 0.1) is 12.7 Å². The summed E-state index contributed by atoms with van der Waals surface area (Å²) in [6, 6.07) is 4.10. The molecule has 4 heteroatoms. The van der Waals surface area contributed by atoms with Crippen molar-refractivity contribution >= 4 is 21.7 Å². The Labute approximate surface area is 120 Å². The van der Waals surface area contributed by atoms with Crippen LogP contribution in [0.4, 0.5) is 4.39 Å². The Morgan fingerprint density at radius 1 is 1.26 bits per heavy atom. The minimum atomic E-state index is -0.413. The molecule has 1 aromatic carbocycles. The van der Waals surface area contributed by atoms with Crippen molar-refractivity contribution in [3.8, 4) is 5.75 Å². The minimum absolute atomic E-state index is 0.293. The molecule has 100 valence electrons. The van der Waals surface area contributed by atoms with E-state index in [4.69, 9.17) is 9.47 Å². The highest BCUT2D eigenvalue weighted by Crippen LogP contribution is 2.28. The van der Waals surface area contributed by atoms with Gasteiger partial charge in [-0.1, -0.05) is 35.7 Å². The summed E-state index contributed by atoms with van der Waals surface area (Å²) in [5.41, 5.74) is 0.566. The highest BCUT2D eigenvalue weighted by Gasteiger charge is 2.10. The fraction of sp³-hybridized carbons (Fsp3) is 0.0667. The van der Waals surface area contributed by atoms with Crippen LogP contribution in [0, 0.1) is 5.82 Å². The van der Waals surface area contributed by atoms with Gasteiger partial charge < -0.3 is 9.47 Å². The van der Waals surface area contributed by atoms with Gasteiger partial charge in [0, 0.05) is 10.5 Å². The van der Waals surface area contributed by atoms with Crippen LogP contribution in [0.1, 0.15) is 5.56 Å². The molecule has 0 saturated carbocycles. The summed E-state index contributed by atoms with van der Waals surface area (Å²) >= 11 is 3.18. The molecule has 0 amide bonds. The lowest BCUT2D eigenvalue weighted by molar-refractivity contribution is 0.366. The molecule has 0 atom stereocenters. The van der Waals surface area contributed by atoms with Crippen molar-refractivity contribution in [2.45, 2.75) is 0 Å². The molecule has 0 aliphatic carbocycles. The average Bonchev–Trinajstić information content (AvgIpc) is 2.35. The van der Waals surface area contributed by atoms with Gasteiger partial charge >= 0.3 is 0 Å². The molecular formula is C15H14BrFO2. The molecule has 2 nitrogen and oxygen atoms in total. The number of ether oxygens (including phenoxy) is 2. The third-order valence-electron chi connectivity index (χ3n) is 2.18. The van der Waals surface area contributed by atoms with Crippen LogP contribution in [0.5, 0.6) is 5.75 Å². The van der Waals surface area contributed by atoms with Crippen molar-refractivity contribution in [2.24, 2.45) is 0 Å². The van der Waals surface area contributed by atoms with Crippen LogP contribution < -0.4 is 4.74 Å². The first kappa shape index (κ1) is 15.2. The quantitative estimate of drug-likeness (QED) is 0.552. The summed E-state index contributed by atoms with van der Waals surface area (Å²) in [7, 11) is 1.49. The smallest absolute Gasteiger partial charge is 0.141 e. The van der Waals surface area contributed by atoms with E-state index >= 15 is 0 Å². The van der Waals surface area contributed by atoms with Gasteiger partial charge in [-0.2, -0.15) is 0 Å². The molecule has 19 heavy (non-hydrogen) atoms. The zero-order valence-corrected chi connectivity index (χ0v) is 12.2. The largest absolute Gasteiger partial charge is 0.497 e. The molecule has 0 aliphatic rings. The van der Waals surface area contributed by atoms with Gasteiger partial charge in [0.25, 0.3) is 0 Å². The number of benzene rings is 1. The van der Waals surface area contributed by atoms with Crippen LogP contribution in [0.15, 0.2) is 60.3 Å². The summed E-state index contributed by atoms with van der Waals surface area (Å²) in [5, 5.41) is 0. The van der Waals surface area contributed by atoms with Crippen LogP contribution in [0.2, 0.25) is 0 Å². The van der Waals surface area contributed by atoms with Crippen LogP contribution in [-0.2, 0) is 4.74 Å². The summed E-state index contributed by atoms with van der Waals surface area (Å²) in [6.45, 7) is 11.1. The molecule has 0 spiro atoms. The number of hydrogen-bond acceptors (Lipinski definition) is 2. The molecule has 0 fully saturated rings. The molecule has 0 saturated heterocycles. The normalized spacial score (nSPS) is 10.3. The van der Waals surface area contributed by atoms with E-state index in [1.165, 1.54) is 25.3 Å². The van der Waals surface area contributed by atoms with Gasteiger partial charge in [-0.15, -0.1) is 0 Å². The van der Waals surface area contributed by atoms with E-state index in [0.717, 1.165) is 0 Å². The fourth-order valence-corrected chi connectivity index (χ4v) is 1.41. The minimum Gasteiger partial charge on any atom is -0.497 e. The summed E-state index contributed by atoms with van der Waals surface area (Å²) in [4.78, 5) is 0. The zero-order valence-electron chi connectivity index (χ0n) is 10.6. The Hall–Kier alpha value is -1.81. The predicted octanol–water partition coefficient (Wildman–Crippen LogP) is 4.80. The lowest BCUT2D eigenvalue weighted by Gasteiger charge is -2.12. The topological polar surface area (TPSA) is 18.5 Å². The number of rotatable bonds is 6. The van der Waals surface area contributed by atoms with E-state index in [0.29, 0.717) is 27.3 Å². The lowest BCUT2D eigenvalue weighted by atomic mass is 10.1. The number of hydrogen-bond donors (Lipinski definition) is 0. The second-order valence-corrected chi connectivity index (χ2v) is 4.63. The molecular weight excluding hydrogens is 311 g/mol. The maximum absolute atomic E-state index is 13.3. The molecule has 0 bridgehead atoms. The van der Waals surface area contributed by atoms with E-state index in [2.05, 4.69) is 35.7 Å². The summed E-state index contributed by atoms with van der Waals surface area (Å²) in [6.07, 6.45) is 3.29. The number of halogens is 2. The van der Waals surface area contributed by atoms with Crippen molar-refractivity contribution in [1.29, 1.82) is 0 Å². The highest BCUT2D eigenvalue weighted by molar-refractivity contribution is 9.11. The second-order valence-electron chi connectivity index (χ2n) is 3.62. The SMILES string of the molecule is C=C(Br)/C=C\C(=C)Oc1cc(F)ccc1C(=C)OC. The van der Waals surface area contributed by atoms with E-state index in [1.54, 1.807) is 12.2 Å². The van der Waals surface area contributed by atoms with E-state index in [-0.39, 0.29) is 0 Å². The van der Waals surface area contributed by atoms with Crippen LogP contribution in [0.3, 0.4) is 0 Å². The maximum atomic E-state index is 13.3. The first-order valence-electron chi connectivity index (χ1n) is 5.36. The first-order valence-corrected chi connectivity index (χ1v) is 6.15. The van der Waals surface area contributed by atoms with Crippen molar-refractivity contribution in [1.82, 2.24) is 0 Å². The van der Waals surface area contributed by atoms with E-state index < -0.39 is 5.82 Å². The van der Waals surface area contributed by atoms with Crippen molar-refractivity contribution in [2.75, 3.05) is 7.11 Å². The van der Waals surface area contributed by atoms with Crippen LogP contribution >= 0.6 is 15.9 Å². The van der Waals surface area contributed by atoms with Gasteiger partial charge in [-0.3, -0.25) is 0 Å². The van der Waals surface area contributed by atoms with Crippen molar-refractivity contribution in [3.05, 3.63) is 71.7 Å². The third kappa shape index (κ3) is 4.75. The molecule has 0 radical (unpaired) electrons. The molecule has 0 aliphatic heterocycles. The monoisotopic (exact) mass is 324 g/mol. The van der Waals surface area contributed by atoms with Gasteiger partial charge in [0.1, 0.15) is 23.1 Å². The number of methoxy groups -OCH3 is 1. The maximum Gasteiger partial charge on any atom is 0.141 e. The first-order chi connectivity index (χ1) is 8.93. The van der Waals surface area contributed by atoms with Gasteiger partial charge in [0.15, 0.2) is 0 Å². The molecule has 1 rings (SSSR count). The molecule has 0 heterocycles. The van der Waals surface area contributed by atoms with Gasteiger partial charge in [-0.25, -0.2) is 4.39 Å².